The van der Waals surface area contributed by atoms with Gasteiger partial charge in [0.15, 0.2) is 5.82 Å². The van der Waals surface area contributed by atoms with Crippen molar-refractivity contribution < 1.29 is 4.52 Å². The van der Waals surface area contributed by atoms with Gasteiger partial charge < -0.3 is 9.51 Å². The van der Waals surface area contributed by atoms with Crippen LogP contribution in [0.3, 0.4) is 0 Å². The summed E-state index contributed by atoms with van der Waals surface area (Å²) in [7, 11) is 0. The third-order valence-electron chi connectivity index (χ3n) is 2.48. The largest absolute Gasteiger partial charge is 0.361 e. The quantitative estimate of drug-likeness (QED) is 0.688. The first-order chi connectivity index (χ1) is 8.26. The van der Waals surface area contributed by atoms with Crippen molar-refractivity contribution in [3.8, 4) is 17.6 Å². The summed E-state index contributed by atoms with van der Waals surface area (Å²) in [6.07, 6.45) is 0. The van der Waals surface area contributed by atoms with Crippen molar-refractivity contribution in [3.63, 3.8) is 0 Å². The molecule has 0 saturated heterocycles. The molecule has 2 heterocycles. The zero-order valence-electron chi connectivity index (χ0n) is 9.06. The molecule has 5 heteroatoms. The Balaban J connectivity index is 2.17. The van der Waals surface area contributed by atoms with Gasteiger partial charge in [0.05, 0.1) is 22.7 Å². The lowest BCUT2D eigenvalue weighted by molar-refractivity contribution is 0.399. The molecule has 0 unspecified atom stereocenters. The first-order valence-electron chi connectivity index (χ1n) is 5.10. The van der Waals surface area contributed by atoms with Gasteiger partial charge in [-0.2, -0.15) is 5.26 Å². The summed E-state index contributed by atoms with van der Waals surface area (Å²) in [5.74, 6) is 1.38. The molecular weight excluding hydrogens is 216 g/mol. The number of imidazole rings is 1. The second-order valence-electron chi connectivity index (χ2n) is 3.75. The first kappa shape index (κ1) is 9.60. The molecule has 3 rings (SSSR count). The fourth-order valence-corrected chi connectivity index (χ4v) is 1.68. The number of rotatable bonds is 1. The lowest BCUT2D eigenvalue weighted by Gasteiger charge is -1.87. The Morgan fingerprint density at radius 2 is 2.24 bits per heavy atom. The number of aromatic nitrogens is 3. The minimum atomic E-state index is 0.601. The number of nitrogens with one attached hydrogen (secondary N) is 1. The van der Waals surface area contributed by atoms with E-state index in [-0.39, 0.29) is 0 Å². The van der Waals surface area contributed by atoms with Crippen LogP contribution in [0.2, 0.25) is 0 Å². The van der Waals surface area contributed by atoms with E-state index in [0.29, 0.717) is 17.1 Å². The molecule has 0 bridgehead atoms. The molecule has 0 spiro atoms. The minimum Gasteiger partial charge on any atom is -0.361 e. The molecule has 0 saturated carbocycles. The summed E-state index contributed by atoms with van der Waals surface area (Å²) < 4.78 is 5.00. The number of hydrogen-bond acceptors (Lipinski definition) is 4. The van der Waals surface area contributed by atoms with Crippen LogP contribution in [0.1, 0.15) is 11.3 Å². The molecule has 0 aliphatic heterocycles. The normalized spacial score (nSPS) is 10.6. The highest BCUT2D eigenvalue weighted by Gasteiger charge is 2.09. The Morgan fingerprint density at radius 3 is 2.94 bits per heavy atom. The summed E-state index contributed by atoms with van der Waals surface area (Å²) in [6, 6.07) is 9.20. The van der Waals surface area contributed by atoms with Gasteiger partial charge in [-0.25, -0.2) is 4.98 Å². The van der Waals surface area contributed by atoms with Gasteiger partial charge in [-0.05, 0) is 25.1 Å². The monoisotopic (exact) mass is 224 g/mol. The zero-order valence-corrected chi connectivity index (χ0v) is 9.06. The lowest BCUT2D eigenvalue weighted by Crippen LogP contribution is -1.78. The lowest BCUT2D eigenvalue weighted by atomic mass is 10.2. The van der Waals surface area contributed by atoms with E-state index < -0.39 is 0 Å². The topological polar surface area (TPSA) is 78.5 Å². The summed E-state index contributed by atoms with van der Waals surface area (Å²) in [6.45, 7) is 1.83. The molecule has 0 aliphatic rings. The second kappa shape index (κ2) is 3.46. The Morgan fingerprint density at radius 1 is 1.35 bits per heavy atom. The molecule has 1 aromatic carbocycles. The average molecular weight is 224 g/mol. The number of aryl methyl sites for hydroxylation is 1. The molecule has 0 atom stereocenters. The van der Waals surface area contributed by atoms with Crippen molar-refractivity contribution in [1.29, 1.82) is 5.26 Å². The van der Waals surface area contributed by atoms with Gasteiger partial charge in [0, 0.05) is 6.07 Å². The zero-order chi connectivity index (χ0) is 11.8. The van der Waals surface area contributed by atoms with Crippen LogP contribution in [0.15, 0.2) is 28.8 Å². The third-order valence-corrected chi connectivity index (χ3v) is 2.48. The molecule has 5 nitrogen and oxygen atoms in total. The maximum absolute atomic E-state index is 8.81. The minimum absolute atomic E-state index is 0.601. The van der Waals surface area contributed by atoms with Gasteiger partial charge in [-0.3, -0.25) is 0 Å². The highest BCUT2D eigenvalue weighted by molar-refractivity contribution is 5.80. The predicted octanol–water partition coefficient (Wildman–Crippen LogP) is 2.40. The van der Waals surface area contributed by atoms with Gasteiger partial charge in [0.1, 0.15) is 11.5 Å². The van der Waals surface area contributed by atoms with Gasteiger partial charge in [-0.15, -0.1) is 0 Å². The van der Waals surface area contributed by atoms with E-state index in [1.54, 1.807) is 18.2 Å². The Labute approximate surface area is 96.7 Å². The van der Waals surface area contributed by atoms with Crippen molar-refractivity contribution in [2.45, 2.75) is 6.92 Å². The van der Waals surface area contributed by atoms with Crippen molar-refractivity contribution in [2.24, 2.45) is 0 Å². The van der Waals surface area contributed by atoms with Crippen molar-refractivity contribution in [3.05, 3.63) is 35.6 Å². The Hall–Kier alpha value is -2.61. The summed E-state index contributed by atoms with van der Waals surface area (Å²) >= 11 is 0. The van der Waals surface area contributed by atoms with Crippen LogP contribution in [-0.4, -0.2) is 15.1 Å². The van der Waals surface area contributed by atoms with E-state index in [1.807, 2.05) is 13.0 Å². The summed E-state index contributed by atoms with van der Waals surface area (Å²) in [4.78, 5) is 7.50. The maximum atomic E-state index is 8.81. The maximum Gasteiger partial charge on any atom is 0.160 e. The van der Waals surface area contributed by atoms with Gasteiger partial charge in [-0.1, -0.05) is 5.16 Å². The van der Waals surface area contributed by atoms with Gasteiger partial charge >= 0.3 is 0 Å². The number of nitriles is 1. The van der Waals surface area contributed by atoms with Crippen LogP contribution in [0, 0.1) is 18.3 Å². The van der Waals surface area contributed by atoms with Crippen LogP contribution in [0.5, 0.6) is 0 Å². The van der Waals surface area contributed by atoms with E-state index in [1.165, 1.54) is 0 Å². The van der Waals surface area contributed by atoms with Crippen molar-refractivity contribution in [1.82, 2.24) is 15.1 Å². The van der Waals surface area contributed by atoms with Crippen LogP contribution in [0.25, 0.3) is 22.6 Å². The second-order valence-corrected chi connectivity index (χ2v) is 3.75. The molecule has 0 aliphatic carbocycles. The van der Waals surface area contributed by atoms with Crippen LogP contribution < -0.4 is 0 Å². The fraction of sp³-hybridized carbons (Fsp3) is 0.0833. The highest BCUT2D eigenvalue weighted by Crippen LogP contribution is 2.20. The average Bonchev–Trinajstić information content (AvgIpc) is 2.93. The van der Waals surface area contributed by atoms with E-state index in [0.717, 1.165) is 16.8 Å². The number of aromatic amines is 1. The standard InChI is InChI=1S/C12H8N4O/c1-7-4-11(16-17-7)12-14-9-3-2-8(6-13)5-10(9)15-12/h2-5H,1H3,(H,14,15). The number of hydrogen-bond donors (Lipinski definition) is 1. The van der Waals surface area contributed by atoms with Gasteiger partial charge in [0.2, 0.25) is 0 Å². The summed E-state index contributed by atoms with van der Waals surface area (Å²) in [5, 5.41) is 12.7. The fourth-order valence-electron chi connectivity index (χ4n) is 1.68. The smallest absolute Gasteiger partial charge is 0.160 e. The van der Waals surface area contributed by atoms with Crippen molar-refractivity contribution in [2.75, 3.05) is 0 Å². The molecule has 3 aromatic rings. The van der Waals surface area contributed by atoms with Gasteiger partial charge in [0.25, 0.3) is 0 Å². The molecule has 0 radical (unpaired) electrons. The molecule has 82 valence electrons. The molecule has 17 heavy (non-hydrogen) atoms. The Kier molecular flexibility index (Phi) is 1.95. The van der Waals surface area contributed by atoms with Crippen LogP contribution >= 0.6 is 0 Å². The molecule has 2 aromatic heterocycles. The predicted molar refractivity (Wildman–Crippen MR) is 61.0 cm³/mol. The number of benzene rings is 1. The Bertz CT molecular complexity index is 732. The SMILES string of the molecule is Cc1cc(-c2nc3ccc(C#N)cc3[nH]2)no1. The molecule has 0 fully saturated rings. The highest BCUT2D eigenvalue weighted by atomic mass is 16.5. The van der Waals surface area contributed by atoms with E-state index in [9.17, 15) is 0 Å². The number of fused-ring (bicyclic) bond motifs is 1. The number of nitrogens with zero attached hydrogens (tertiary/aromatic N) is 3. The molecular formula is C12H8N4O. The molecule has 1 N–H and O–H groups in total. The van der Waals surface area contributed by atoms with E-state index >= 15 is 0 Å². The van der Waals surface area contributed by atoms with Crippen LogP contribution in [0.4, 0.5) is 0 Å². The van der Waals surface area contributed by atoms with E-state index in [4.69, 9.17) is 9.78 Å². The summed E-state index contributed by atoms with van der Waals surface area (Å²) in [5.41, 5.74) is 2.89. The first-order valence-corrected chi connectivity index (χ1v) is 5.10. The van der Waals surface area contributed by atoms with Crippen molar-refractivity contribution >= 4 is 11.0 Å². The van der Waals surface area contributed by atoms with Crippen LogP contribution in [-0.2, 0) is 0 Å². The molecule has 0 amide bonds. The number of H-pyrrole nitrogens is 1. The van der Waals surface area contributed by atoms with E-state index in [2.05, 4.69) is 21.2 Å². The third kappa shape index (κ3) is 1.56.